The molecule has 3 heterocycles. The molecule has 2 fully saturated rings. The molecule has 0 saturated carbocycles. The Morgan fingerprint density at radius 2 is 1.90 bits per heavy atom. The molecule has 1 aromatic rings. The molecule has 1 aromatic carbocycles. The van der Waals surface area contributed by atoms with Crippen molar-refractivity contribution in [1.29, 1.82) is 0 Å². The Hall–Kier alpha value is -2.87. The van der Waals surface area contributed by atoms with Gasteiger partial charge in [0.25, 0.3) is 17.8 Å². The molecule has 2 atom stereocenters. The number of hydrogen-bond donors (Lipinski definition) is 0. The number of aliphatic imine (C=N–C) groups is 1. The van der Waals surface area contributed by atoms with Gasteiger partial charge >= 0.3 is 11.9 Å². The van der Waals surface area contributed by atoms with Gasteiger partial charge in [-0.15, -0.1) is 0 Å². The van der Waals surface area contributed by atoms with Gasteiger partial charge in [-0.3, -0.25) is 24.3 Å². The summed E-state index contributed by atoms with van der Waals surface area (Å²) in [5.41, 5.74) is 0.595. The molecule has 3 aliphatic heterocycles. The molecule has 0 spiro atoms. The van der Waals surface area contributed by atoms with E-state index in [4.69, 9.17) is 4.99 Å². The maximum Gasteiger partial charge on any atom is 0.333 e. The number of amidine groups is 2. The topological polar surface area (TPSA) is 76.3 Å². The van der Waals surface area contributed by atoms with Crippen LogP contribution in [0, 0.1) is 5.92 Å². The van der Waals surface area contributed by atoms with Crippen molar-refractivity contribution in [2.75, 3.05) is 40.3 Å². The van der Waals surface area contributed by atoms with Crippen molar-refractivity contribution < 1.29 is 19.0 Å². The van der Waals surface area contributed by atoms with Gasteiger partial charge < -0.3 is 0 Å². The second kappa shape index (κ2) is 8.10. The maximum atomic E-state index is 13.0. The minimum absolute atomic E-state index is 0.0437. The van der Waals surface area contributed by atoms with E-state index in [-0.39, 0.29) is 18.2 Å². The van der Waals surface area contributed by atoms with Crippen molar-refractivity contribution >= 4 is 29.4 Å². The Morgan fingerprint density at radius 3 is 2.60 bits per heavy atom. The first kappa shape index (κ1) is 20.4. The van der Waals surface area contributed by atoms with Crippen LogP contribution in [0.25, 0.3) is 0 Å². The quantitative estimate of drug-likeness (QED) is 0.542. The van der Waals surface area contributed by atoms with E-state index in [0.29, 0.717) is 29.7 Å². The van der Waals surface area contributed by atoms with Gasteiger partial charge in [0.2, 0.25) is 5.78 Å². The first-order valence-electron chi connectivity index (χ1n) is 10.4. The third-order valence-electron chi connectivity index (χ3n) is 6.13. The number of piperidine rings is 1. The average molecular weight is 410 g/mol. The van der Waals surface area contributed by atoms with E-state index < -0.39 is 12.1 Å². The normalized spacial score (nSPS) is 25.0. The highest BCUT2D eigenvalue weighted by Gasteiger charge is 2.53. The Bertz CT molecular complexity index is 939. The van der Waals surface area contributed by atoms with Crippen molar-refractivity contribution in [3.8, 4) is 0 Å². The lowest BCUT2D eigenvalue weighted by atomic mass is 10.0. The second-order valence-electron chi connectivity index (χ2n) is 8.43. The minimum atomic E-state index is -0.748. The van der Waals surface area contributed by atoms with Crippen LogP contribution in [0.5, 0.6) is 0 Å². The fourth-order valence-electron chi connectivity index (χ4n) is 4.46. The summed E-state index contributed by atoms with van der Waals surface area (Å²) in [4.78, 5) is 47.9. The molecule has 2 unspecified atom stereocenters. The molecule has 8 heteroatoms. The molecule has 8 nitrogen and oxygen atoms in total. The molecule has 3 amide bonds. The summed E-state index contributed by atoms with van der Waals surface area (Å²) in [5.74, 6) is 1.26. The standard InChI is InChI=1S/C22H28N5O3/c1-15-8-7-11-26(12-15)14-18-23-20-19(21(29)25(3)22(30)24(20)2)27(18)13-17(28)16-9-5-4-6-10-16/h4-6,9-10,15,19H,7-8,11-14H2,1-3H3/q+1. The molecule has 30 heavy (non-hydrogen) atoms. The Morgan fingerprint density at radius 1 is 1.17 bits per heavy atom. The van der Waals surface area contributed by atoms with Crippen LogP contribution in [0.1, 0.15) is 30.1 Å². The number of likely N-dealkylation sites (N-methyl/N-ethyl adjacent to an activating group) is 2. The van der Waals surface area contributed by atoms with E-state index in [0.717, 1.165) is 24.4 Å². The summed E-state index contributed by atoms with van der Waals surface area (Å²) in [6.07, 6.45) is 2.33. The van der Waals surface area contributed by atoms with Gasteiger partial charge in [-0.25, -0.2) is 9.37 Å². The molecule has 4 rings (SSSR count). The summed E-state index contributed by atoms with van der Waals surface area (Å²) >= 11 is 0. The Kier molecular flexibility index (Phi) is 5.51. The zero-order chi connectivity index (χ0) is 21.4. The molecular formula is C22H28N5O3+. The van der Waals surface area contributed by atoms with Gasteiger partial charge in [0.15, 0.2) is 0 Å². The second-order valence-corrected chi connectivity index (χ2v) is 8.43. The zero-order valence-electron chi connectivity index (χ0n) is 17.7. The molecule has 0 aromatic heterocycles. The minimum Gasteiger partial charge on any atom is -0.292 e. The number of fused-ring (bicyclic) bond motifs is 1. The molecule has 2 saturated heterocycles. The van der Waals surface area contributed by atoms with Gasteiger partial charge in [0.1, 0.15) is 13.1 Å². The first-order chi connectivity index (χ1) is 14.4. The fraction of sp³-hybridized carbons (Fsp3) is 0.500. The van der Waals surface area contributed by atoms with Crippen LogP contribution in [-0.2, 0) is 4.79 Å². The van der Waals surface area contributed by atoms with Gasteiger partial charge in [0, 0.05) is 26.2 Å². The van der Waals surface area contributed by atoms with Gasteiger partial charge in [0.05, 0.1) is 0 Å². The monoisotopic (exact) mass is 410 g/mol. The number of ketones is 1. The lowest BCUT2D eigenvalue weighted by molar-refractivity contribution is -0.523. The van der Waals surface area contributed by atoms with E-state index in [9.17, 15) is 14.4 Å². The summed E-state index contributed by atoms with van der Waals surface area (Å²) in [6.45, 7) is 4.76. The maximum absolute atomic E-state index is 13.0. The number of carbonyl (C=O) groups is 3. The van der Waals surface area contributed by atoms with E-state index in [1.54, 1.807) is 23.8 Å². The molecule has 0 aliphatic carbocycles. The zero-order valence-corrected chi connectivity index (χ0v) is 17.7. The van der Waals surface area contributed by atoms with Crippen molar-refractivity contribution in [1.82, 2.24) is 14.7 Å². The molecular weight excluding hydrogens is 382 g/mol. The lowest BCUT2D eigenvalue weighted by Crippen LogP contribution is -2.62. The molecule has 0 N–H and O–H groups in total. The van der Waals surface area contributed by atoms with Crippen LogP contribution < -0.4 is 0 Å². The van der Waals surface area contributed by atoms with Crippen molar-refractivity contribution in [3.05, 3.63) is 35.9 Å². The van der Waals surface area contributed by atoms with Gasteiger partial charge in [-0.2, -0.15) is 0 Å². The highest BCUT2D eigenvalue weighted by atomic mass is 16.2. The highest BCUT2D eigenvalue weighted by Crippen LogP contribution is 2.21. The SMILES string of the molecule is CC1CCCN(CC2=[N+](CC(=O)c3ccccc3)C3C(=O)N(C)C(=O)N(C)C3=N2)C1. The number of rotatable bonds is 5. The number of amides is 3. The van der Waals surface area contributed by atoms with Crippen LogP contribution in [0.2, 0.25) is 0 Å². The molecule has 3 aliphatic rings. The van der Waals surface area contributed by atoms with Crippen LogP contribution in [0.3, 0.4) is 0 Å². The Labute approximate surface area is 176 Å². The summed E-state index contributed by atoms with van der Waals surface area (Å²) in [5, 5.41) is 0. The first-order valence-corrected chi connectivity index (χ1v) is 10.4. The number of nitrogens with zero attached hydrogens (tertiary/aromatic N) is 5. The number of imide groups is 1. The Balaban J connectivity index is 1.67. The molecule has 0 bridgehead atoms. The summed E-state index contributed by atoms with van der Waals surface area (Å²) in [7, 11) is 3.10. The van der Waals surface area contributed by atoms with Crippen LogP contribution in [0.4, 0.5) is 4.79 Å². The number of benzene rings is 1. The number of carbonyl (C=O) groups excluding carboxylic acids is 3. The van der Waals surface area contributed by atoms with Crippen LogP contribution in [0.15, 0.2) is 35.3 Å². The van der Waals surface area contributed by atoms with E-state index in [1.807, 2.05) is 18.2 Å². The van der Waals surface area contributed by atoms with Crippen molar-refractivity contribution in [3.63, 3.8) is 0 Å². The number of urea groups is 1. The van der Waals surface area contributed by atoms with E-state index >= 15 is 0 Å². The third kappa shape index (κ3) is 3.67. The largest absolute Gasteiger partial charge is 0.333 e. The van der Waals surface area contributed by atoms with Crippen LogP contribution >= 0.6 is 0 Å². The third-order valence-corrected chi connectivity index (χ3v) is 6.13. The average Bonchev–Trinajstić information content (AvgIpc) is 3.09. The van der Waals surface area contributed by atoms with Crippen LogP contribution in [-0.4, -0.2) is 95.0 Å². The predicted octanol–water partition coefficient (Wildman–Crippen LogP) is 1.32. The molecule has 158 valence electrons. The number of likely N-dealkylation sites (tertiary alicyclic amines) is 1. The van der Waals surface area contributed by atoms with E-state index in [2.05, 4.69) is 11.8 Å². The van der Waals surface area contributed by atoms with Crippen molar-refractivity contribution in [2.24, 2.45) is 10.9 Å². The number of hydrogen-bond acceptors (Lipinski definition) is 5. The van der Waals surface area contributed by atoms with E-state index in [1.165, 1.54) is 18.4 Å². The van der Waals surface area contributed by atoms with Gasteiger partial charge in [-0.05, 0) is 30.3 Å². The summed E-state index contributed by atoms with van der Waals surface area (Å²) < 4.78 is 1.78. The van der Waals surface area contributed by atoms with Crippen molar-refractivity contribution in [2.45, 2.75) is 25.8 Å². The lowest BCUT2D eigenvalue weighted by Gasteiger charge is -2.31. The molecule has 0 radical (unpaired) electrons. The predicted molar refractivity (Wildman–Crippen MR) is 113 cm³/mol. The summed E-state index contributed by atoms with van der Waals surface area (Å²) in [6, 6.07) is 7.91. The smallest absolute Gasteiger partial charge is 0.292 e. The van der Waals surface area contributed by atoms with Gasteiger partial charge in [-0.1, -0.05) is 37.3 Å². The fourth-order valence-corrected chi connectivity index (χ4v) is 4.46. The number of Topliss-reactive ketones (excluding diaryl/α,β-unsaturated/α-hetero) is 1. The highest BCUT2D eigenvalue weighted by molar-refractivity contribution is 6.23.